The molecule has 3 N–H and O–H groups in total. The Morgan fingerprint density at radius 3 is 2.61 bits per heavy atom. The molecular weight excluding hydrogens is 356 g/mol. The van der Waals surface area contributed by atoms with Gasteiger partial charge in [0.1, 0.15) is 6.61 Å². The summed E-state index contributed by atoms with van der Waals surface area (Å²) in [5.41, 5.74) is -0.250. The molecule has 1 heterocycles. The first kappa shape index (κ1) is 19.1. The fourth-order valence-corrected chi connectivity index (χ4v) is 8.49. The Kier molecular flexibility index (Phi) is 4.12. The van der Waals surface area contributed by atoms with Crippen molar-refractivity contribution in [1.29, 1.82) is 0 Å². The second kappa shape index (κ2) is 6.05. The molecule has 0 saturated heterocycles. The van der Waals surface area contributed by atoms with E-state index in [1.54, 1.807) is 6.08 Å². The van der Waals surface area contributed by atoms with Gasteiger partial charge in [-0.25, -0.2) is 4.79 Å². The van der Waals surface area contributed by atoms with E-state index < -0.39 is 17.1 Å². The summed E-state index contributed by atoms with van der Waals surface area (Å²) in [6.45, 7) is 4.76. The van der Waals surface area contributed by atoms with Crippen molar-refractivity contribution in [3.63, 3.8) is 0 Å². The number of aliphatic hydroxyl groups is 3. The SMILES string of the molecule is C[C@]12CC[C@H](O)C[C@H]1CCC1C2[C@H](O)C[C@]2(C)[C@@H](C3=CC(=O)OC3)CC[C@]12O. The smallest absolute Gasteiger partial charge is 0.331 e. The van der Waals surface area contributed by atoms with Crippen molar-refractivity contribution in [1.82, 2.24) is 0 Å². The molecule has 5 aliphatic rings. The molecule has 5 heteroatoms. The minimum Gasteiger partial charge on any atom is -0.458 e. The number of hydrogen-bond donors (Lipinski definition) is 3. The van der Waals surface area contributed by atoms with Gasteiger partial charge in [0.2, 0.25) is 0 Å². The van der Waals surface area contributed by atoms with Gasteiger partial charge in [-0.2, -0.15) is 0 Å². The summed E-state index contributed by atoms with van der Waals surface area (Å²) in [4.78, 5) is 11.6. The average molecular weight is 391 g/mol. The van der Waals surface area contributed by atoms with E-state index in [0.717, 1.165) is 50.5 Å². The van der Waals surface area contributed by atoms with Gasteiger partial charge in [0.25, 0.3) is 0 Å². The van der Waals surface area contributed by atoms with Crippen LogP contribution < -0.4 is 0 Å². The van der Waals surface area contributed by atoms with Crippen molar-refractivity contribution in [2.45, 2.75) is 83.0 Å². The third-order valence-corrected chi connectivity index (χ3v) is 9.89. The maximum atomic E-state index is 12.1. The number of aliphatic hydroxyl groups excluding tert-OH is 2. The Labute approximate surface area is 167 Å². The van der Waals surface area contributed by atoms with Gasteiger partial charge in [0.05, 0.1) is 17.8 Å². The zero-order valence-corrected chi connectivity index (χ0v) is 17.1. The first-order valence-corrected chi connectivity index (χ1v) is 11.1. The molecule has 4 saturated carbocycles. The zero-order valence-electron chi connectivity index (χ0n) is 17.1. The highest BCUT2D eigenvalue weighted by atomic mass is 16.5. The van der Waals surface area contributed by atoms with Gasteiger partial charge < -0.3 is 20.1 Å². The number of hydrogen-bond acceptors (Lipinski definition) is 5. The molecule has 4 fully saturated rings. The topological polar surface area (TPSA) is 87.0 Å². The zero-order chi connectivity index (χ0) is 19.9. The molecule has 0 radical (unpaired) electrons. The highest BCUT2D eigenvalue weighted by Crippen LogP contribution is 2.69. The van der Waals surface area contributed by atoms with Gasteiger partial charge in [0.15, 0.2) is 0 Å². The van der Waals surface area contributed by atoms with Crippen LogP contribution in [0, 0.1) is 34.5 Å². The van der Waals surface area contributed by atoms with E-state index in [0.29, 0.717) is 18.9 Å². The van der Waals surface area contributed by atoms with E-state index in [4.69, 9.17) is 4.74 Å². The van der Waals surface area contributed by atoms with Crippen molar-refractivity contribution in [3.8, 4) is 0 Å². The highest BCUT2D eigenvalue weighted by Gasteiger charge is 2.69. The predicted octanol–water partition coefficient (Wildman–Crippen LogP) is 2.58. The van der Waals surface area contributed by atoms with E-state index in [9.17, 15) is 20.1 Å². The maximum Gasteiger partial charge on any atom is 0.331 e. The van der Waals surface area contributed by atoms with Crippen molar-refractivity contribution >= 4 is 5.97 Å². The van der Waals surface area contributed by atoms with E-state index in [1.165, 1.54) is 0 Å². The summed E-state index contributed by atoms with van der Waals surface area (Å²) >= 11 is 0. The number of ether oxygens (including phenoxy) is 1. The van der Waals surface area contributed by atoms with Crippen molar-refractivity contribution in [2.75, 3.05) is 6.61 Å². The standard InChI is InChI=1S/C23H34O5/c1-21-7-5-15(24)10-14(21)3-4-17-20(21)18(25)11-22(2)16(6-8-23(17,22)27)13-9-19(26)28-12-13/h9,14-18,20,24-25,27H,3-8,10-12H2,1-2H3/t14-,15+,16-,17?,18-,20?,21+,22-,23+/m1/s1. The summed E-state index contributed by atoms with van der Waals surface area (Å²) < 4.78 is 5.17. The number of carbonyl (C=O) groups excluding carboxylic acids is 1. The van der Waals surface area contributed by atoms with E-state index >= 15 is 0 Å². The number of fused-ring (bicyclic) bond motifs is 5. The fourth-order valence-electron chi connectivity index (χ4n) is 8.49. The minimum absolute atomic E-state index is 0.0115. The summed E-state index contributed by atoms with van der Waals surface area (Å²) in [6.07, 6.45) is 7.61. The number of rotatable bonds is 1. The van der Waals surface area contributed by atoms with E-state index in [2.05, 4.69) is 13.8 Å². The van der Waals surface area contributed by atoms with Crippen LogP contribution in [0.2, 0.25) is 0 Å². The van der Waals surface area contributed by atoms with Crippen LogP contribution in [0.3, 0.4) is 0 Å². The normalized spacial score (nSPS) is 55.8. The van der Waals surface area contributed by atoms with Crippen molar-refractivity contribution < 1.29 is 24.9 Å². The van der Waals surface area contributed by atoms with Gasteiger partial charge >= 0.3 is 5.97 Å². The molecule has 9 atom stereocenters. The van der Waals surface area contributed by atoms with Crippen molar-refractivity contribution in [2.24, 2.45) is 34.5 Å². The summed E-state index contributed by atoms with van der Waals surface area (Å²) in [5, 5.41) is 33.7. The van der Waals surface area contributed by atoms with Crippen LogP contribution in [0.1, 0.15) is 65.2 Å². The number of carbonyl (C=O) groups is 1. The Hall–Kier alpha value is -0.910. The molecular formula is C23H34O5. The van der Waals surface area contributed by atoms with E-state index in [-0.39, 0.29) is 35.2 Å². The number of esters is 1. The lowest BCUT2D eigenvalue weighted by Crippen LogP contribution is -2.66. The molecule has 0 amide bonds. The molecule has 4 aliphatic carbocycles. The summed E-state index contributed by atoms with van der Waals surface area (Å²) in [5.74, 6) is 0.420. The second-order valence-electron chi connectivity index (χ2n) is 10.9. The Bertz CT molecular complexity index is 718. The monoisotopic (exact) mass is 390 g/mol. The fraction of sp³-hybridized carbons (Fsp3) is 0.870. The largest absolute Gasteiger partial charge is 0.458 e. The van der Waals surface area contributed by atoms with Crippen LogP contribution in [0.25, 0.3) is 0 Å². The summed E-state index contributed by atoms with van der Waals surface area (Å²) in [6, 6.07) is 0. The molecule has 0 spiro atoms. The predicted molar refractivity (Wildman–Crippen MR) is 103 cm³/mol. The minimum atomic E-state index is -0.807. The lowest BCUT2D eigenvalue weighted by Gasteiger charge is -2.65. The van der Waals surface area contributed by atoms with Crippen LogP contribution in [0.4, 0.5) is 0 Å². The van der Waals surface area contributed by atoms with Gasteiger partial charge in [-0.15, -0.1) is 0 Å². The van der Waals surface area contributed by atoms with Gasteiger partial charge in [-0.1, -0.05) is 13.8 Å². The molecule has 1 aliphatic heterocycles. The van der Waals surface area contributed by atoms with Gasteiger partial charge in [-0.3, -0.25) is 0 Å². The third-order valence-electron chi connectivity index (χ3n) is 9.89. The lowest BCUT2D eigenvalue weighted by molar-refractivity contribution is -0.242. The molecule has 5 rings (SSSR count). The molecule has 28 heavy (non-hydrogen) atoms. The molecule has 2 unspecified atom stereocenters. The van der Waals surface area contributed by atoms with Crippen LogP contribution in [0.15, 0.2) is 11.6 Å². The van der Waals surface area contributed by atoms with Crippen LogP contribution >= 0.6 is 0 Å². The van der Waals surface area contributed by atoms with Crippen molar-refractivity contribution in [3.05, 3.63) is 11.6 Å². The molecule has 0 aromatic carbocycles. The summed E-state index contributed by atoms with van der Waals surface area (Å²) in [7, 11) is 0. The van der Waals surface area contributed by atoms with Crippen LogP contribution in [-0.2, 0) is 9.53 Å². The second-order valence-corrected chi connectivity index (χ2v) is 10.9. The average Bonchev–Trinajstić information content (AvgIpc) is 3.16. The van der Waals surface area contributed by atoms with Gasteiger partial charge in [0, 0.05) is 11.5 Å². The quantitative estimate of drug-likeness (QED) is 0.599. The molecule has 0 aromatic rings. The number of cyclic esters (lactones) is 1. The Morgan fingerprint density at radius 2 is 1.89 bits per heavy atom. The Balaban J connectivity index is 1.51. The first-order valence-electron chi connectivity index (χ1n) is 11.1. The highest BCUT2D eigenvalue weighted by molar-refractivity contribution is 5.85. The molecule has 0 aromatic heterocycles. The lowest BCUT2D eigenvalue weighted by atomic mass is 9.42. The van der Waals surface area contributed by atoms with Crippen LogP contribution in [-0.4, -0.2) is 45.7 Å². The molecule has 0 bridgehead atoms. The van der Waals surface area contributed by atoms with Gasteiger partial charge in [-0.05, 0) is 86.0 Å². The third kappa shape index (κ3) is 2.33. The first-order chi connectivity index (χ1) is 13.2. The molecule has 156 valence electrons. The maximum absolute atomic E-state index is 12.1. The van der Waals surface area contributed by atoms with Crippen LogP contribution in [0.5, 0.6) is 0 Å². The Morgan fingerprint density at radius 1 is 1.11 bits per heavy atom. The molecule has 5 nitrogen and oxygen atoms in total. The van der Waals surface area contributed by atoms with E-state index in [1.807, 2.05) is 0 Å².